The molecule has 0 aliphatic carbocycles. The van der Waals surface area contributed by atoms with Crippen molar-refractivity contribution in [1.82, 2.24) is 20.2 Å². The molecule has 1 N–H and O–H groups in total. The van der Waals surface area contributed by atoms with Crippen LogP contribution in [0.1, 0.15) is 26.3 Å². The van der Waals surface area contributed by atoms with Gasteiger partial charge in [0.1, 0.15) is 9.88 Å². The molecule has 0 bridgehead atoms. The fourth-order valence-electron chi connectivity index (χ4n) is 2.49. The van der Waals surface area contributed by atoms with Gasteiger partial charge in [-0.15, -0.1) is 22.7 Å². The Labute approximate surface area is 155 Å². The third-order valence-electron chi connectivity index (χ3n) is 3.84. The van der Waals surface area contributed by atoms with Gasteiger partial charge in [0, 0.05) is 17.6 Å². The highest BCUT2D eigenvalue weighted by molar-refractivity contribution is 7.17. The number of nitrogens with zero attached hydrogens (tertiary/aromatic N) is 3. The smallest absolute Gasteiger partial charge is 0.263 e. The number of carbonyl (C=O) groups excluding carboxylic acids is 1. The standard InChI is InChI=1S/C18H20N4OS2/c1-12-16(25-18(21-12)13-7-4-5-9-19-13)17(23)20-11-14(22(2)3)15-8-6-10-24-15/h4-10,14H,11H2,1-3H3,(H,20,23). The number of thiazole rings is 1. The average Bonchev–Trinajstić information content (AvgIpc) is 3.25. The topological polar surface area (TPSA) is 58.1 Å². The zero-order chi connectivity index (χ0) is 17.8. The third kappa shape index (κ3) is 4.12. The van der Waals surface area contributed by atoms with Gasteiger partial charge in [-0.25, -0.2) is 4.98 Å². The van der Waals surface area contributed by atoms with Crippen molar-refractivity contribution in [2.24, 2.45) is 0 Å². The Balaban J connectivity index is 1.72. The van der Waals surface area contributed by atoms with Gasteiger partial charge < -0.3 is 10.2 Å². The van der Waals surface area contributed by atoms with E-state index in [1.165, 1.54) is 16.2 Å². The van der Waals surface area contributed by atoms with Gasteiger partial charge in [0.25, 0.3) is 5.91 Å². The normalized spacial score (nSPS) is 12.3. The van der Waals surface area contributed by atoms with Gasteiger partial charge in [-0.3, -0.25) is 9.78 Å². The summed E-state index contributed by atoms with van der Waals surface area (Å²) in [5, 5.41) is 5.88. The Morgan fingerprint density at radius 2 is 2.12 bits per heavy atom. The fraction of sp³-hybridized carbons (Fsp3) is 0.278. The minimum absolute atomic E-state index is 0.0828. The molecule has 0 saturated carbocycles. The number of amides is 1. The zero-order valence-electron chi connectivity index (χ0n) is 14.4. The number of carbonyl (C=O) groups is 1. The summed E-state index contributed by atoms with van der Waals surface area (Å²) in [6, 6.07) is 9.97. The van der Waals surface area contributed by atoms with Gasteiger partial charge >= 0.3 is 0 Å². The quantitative estimate of drug-likeness (QED) is 0.718. The SMILES string of the molecule is Cc1nc(-c2ccccn2)sc1C(=O)NCC(c1cccs1)N(C)C. The van der Waals surface area contributed by atoms with Crippen LogP contribution < -0.4 is 5.32 Å². The second-order valence-electron chi connectivity index (χ2n) is 5.85. The largest absolute Gasteiger partial charge is 0.349 e. The second kappa shape index (κ2) is 7.86. The van der Waals surface area contributed by atoms with Crippen molar-refractivity contribution in [1.29, 1.82) is 0 Å². The van der Waals surface area contributed by atoms with Gasteiger partial charge in [0.2, 0.25) is 0 Å². The lowest BCUT2D eigenvalue weighted by molar-refractivity contribution is 0.0945. The number of rotatable bonds is 6. The number of pyridine rings is 1. The minimum Gasteiger partial charge on any atom is -0.349 e. The van der Waals surface area contributed by atoms with E-state index in [-0.39, 0.29) is 11.9 Å². The second-order valence-corrected chi connectivity index (χ2v) is 7.83. The van der Waals surface area contributed by atoms with E-state index in [2.05, 4.69) is 31.6 Å². The molecule has 7 heteroatoms. The summed E-state index contributed by atoms with van der Waals surface area (Å²) < 4.78 is 0. The molecular formula is C18H20N4OS2. The molecule has 3 aromatic heterocycles. The number of hydrogen-bond acceptors (Lipinski definition) is 6. The lowest BCUT2D eigenvalue weighted by Crippen LogP contribution is -2.34. The lowest BCUT2D eigenvalue weighted by Gasteiger charge is -2.23. The molecule has 0 radical (unpaired) electrons. The molecule has 0 fully saturated rings. The van der Waals surface area contributed by atoms with Crippen molar-refractivity contribution in [3.8, 4) is 10.7 Å². The van der Waals surface area contributed by atoms with Gasteiger partial charge in [-0.05, 0) is 44.6 Å². The van der Waals surface area contributed by atoms with E-state index in [1.54, 1.807) is 17.5 Å². The molecule has 0 aromatic carbocycles. The van der Waals surface area contributed by atoms with Crippen molar-refractivity contribution in [3.05, 3.63) is 57.4 Å². The number of likely N-dealkylation sites (N-methyl/N-ethyl adjacent to an activating group) is 1. The first kappa shape index (κ1) is 17.7. The van der Waals surface area contributed by atoms with E-state index in [1.807, 2.05) is 45.3 Å². The Morgan fingerprint density at radius 3 is 2.76 bits per heavy atom. The van der Waals surface area contributed by atoms with E-state index < -0.39 is 0 Å². The maximum atomic E-state index is 12.6. The van der Waals surface area contributed by atoms with Crippen LogP contribution in [0.15, 0.2) is 41.9 Å². The Hall–Kier alpha value is -2.09. The summed E-state index contributed by atoms with van der Waals surface area (Å²) in [6.07, 6.45) is 1.73. The Bertz CT molecular complexity index is 828. The molecule has 1 amide bonds. The highest BCUT2D eigenvalue weighted by Gasteiger charge is 2.20. The van der Waals surface area contributed by atoms with Crippen LogP contribution in [-0.2, 0) is 0 Å². The van der Waals surface area contributed by atoms with Crippen LogP contribution in [0.25, 0.3) is 10.7 Å². The maximum absolute atomic E-state index is 12.6. The van der Waals surface area contributed by atoms with E-state index in [9.17, 15) is 4.79 Å². The van der Waals surface area contributed by atoms with Gasteiger partial charge in [-0.1, -0.05) is 12.1 Å². The van der Waals surface area contributed by atoms with E-state index in [0.29, 0.717) is 11.4 Å². The first-order valence-electron chi connectivity index (χ1n) is 7.93. The minimum atomic E-state index is -0.0828. The number of aryl methyl sites for hydroxylation is 1. The van der Waals surface area contributed by atoms with Gasteiger partial charge in [0.15, 0.2) is 0 Å². The van der Waals surface area contributed by atoms with E-state index in [0.717, 1.165) is 16.4 Å². The molecule has 1 atom stereocenters. The third-order valence-corrected chi connectivity index (χ3v) is 5.99. The van der Waals surface area contributed by atoms with E-state index >= 15 is 0 Å². The van der Waals surface area contributed by atoms with Crippen LogP contribution in [0.2, 0.25) is 0 Å². The van der Waals surface area contributed by atoms with Crippen molar-refractivity contribution in [2.75, 3.05) is 20.6 Å². The van der Waals surface area contributed by atoms with Crippen LogP contribution in [0.4, 0.5) is 0 Å². The molecule has 0 spiro atoms. The summed E-state index contributed by atoms with van der Waals surface area (Å²) in [4.78, 5) is 25.4. The molecular weight excluding hydrogens is 352 g/mol. The van der Waals surface area contributed by atoms with Crippen LogP contribution in [0.3, 0.4) is 0 Å². The summed E-state index contributed by atoms with van der Waals surface area (Å²) in [5.41, 5.74) is 1.53. The maximum Gasteiger partial charge on any atom is 0.263 e. The van der Waals surface area contributed by atoms with Crippen LogP contribution >= 0.6 is 22.7 Å². The zero-order valence-corrected chi connectivity index (χ0v) is 16.0. The first-order valence-corrected chi connectivity index (χ1v) is 9.62. The van der Waals surface area contributed by atoms with Crippen LogP contribution in [0, 0.1) is 6.92 Å². The molecule has 1 unspecified atom stereocenters. The molecule has 130 valence electrons. The molecule has 5 nitrogen and oxygen atoms in total. The predicted molar refractivity (Wildman–Crippen MR) is 103 cm³/mol. The van der Waals surface area contributed by atoms with E-state index in [4.69, 9.17) is 0 Å². The summed E-state index contributed by atoms with van der Waals surface area (Å²) >= 11 is 3.08. The molecule has 0 saturated heterocycles. The van der Waals surface area contributed by atoms with Crippen molar-refractivity contribution < 1.29 is 4.79 Å². The molecule has 3 aromatic rings. The van der Waals surface area contributed by atoms with Crippen molar-refractivity contribution >= 4 is 28.6 Å². The summed E-state index contributed by atoms with van der Waals surface area (Å²) in [6.45, 7) is 2.42. The molecule has 0 aliphatic rings. The molecule has 3 heterocycles. The monoisotopic (exact) mass is 372 g/mol. The molecule has 3 rings (SSSR count). The fourth-order valence-corrected chi connectivity index (χ4v) is 4.38. The van der Waals surface area contributed by atoms with Crippen molar-refractivity contribution in [2.45, 2.75) is 13.0 Å². The predicted octanol–water partition coefficient (Wildman–Crippen LogP) is 3.61. The molecule has 0 aliphatic heterocycles. The van der Waals surface area contributed by atoms with Gasteiger partial charge in [0.05, 0.1) is 17.4 Å². The number of aromatic nitrogens is 2. The van der Waals surface area contributed by atoms with Gasteiger partial charge in [-0.2, -0.15) is 0 Å². The van der Waals surface area contributed by atoms with Crippen LogP contribution in [-0.4, -0.2) is 41.4 Å². The summed E-state index contributed by atoms with van der Waals surface area (Å²) in [7, 11) is 4.04. The Morgan fingerprint density at radius 1 is 1.28 bits per heavy atom. The van der Waals surface area contributed by atoms with Crippen LogP contribution in [0.5, 0.6) is 0 Å². The number of thiophene rings is 1. The highest BCUT2D eigenvalue weighted by Crippen LogP contribution is 2.27. The average molecular weight is 373 g/mol. The number of nitrogens with one attached hydrogen (secondary N) is 1. The highest BCUT2D eigenvalue weighted by atomic mass is 32.1. The Kier molecular flexibility index (Phi) is 5.57. The van der Waals surface area contributed by atoms with Crippen molar-refractivity contribution in [3.63, 3.8) is 0 Å². The summed E-state index contributed by atoms with van der Waals surface area (Å²) in [5.74, 6) is -0.0828. The first-order chi connectivity index (χ1) is 12.1. The lowest BCUT2D eigenvalue weighted by atomic mass is 10.2. The number of hydrogen-bond donors (Lipinski definition) is 1. The molecule has 25 heavy (non-hydrogen) atoms.